The van der Waals surface area contributed by atoms with Crippen LogP contribution in [0.2, 0.25) is 5.02 Å². The van der Waals surface area contributed by atoms with Gasteiger partial charge in [-0.1, -0.05) is 43.3 Å². The molecule has 1 N–H and O–H groups in total. The van der Waals surface area contributed by atoms with Gasteiger partial charge in [0.05, 0.1) is 12.3 Å². The molecule has 0 saturated carbocycles. The van der Waals surface area contributed by atoms with Gasteiger partial charge in [-0.3, -0.25) is 0 Å². The van der Waals surface area contributed by atoms with Crippen LogP contribution in [0.1, 0.15) is 31.3 Å². The highest BCUT2D eigenvalue weighted by molar-refractivity contribution is 7.99. The van der Waals surface area contributed by atoms with E-state index in [1.54, 1.807) is 11.8 Å². The Morgan fingerprint density at radius 3 is 2.75 bits per heavy atom. The maximum absolute atomic E-state index is 9.13. The van der Waals surface area contributed by atoms with Crippen LogP contribution in [-0.4, -0.2) is 21.3 Å². The molecule has 0 saturated heterocycles. The fourth-order valence-corrected chi connectivity index (χ4v) is 3.45. The third-order valence-corrected chi connectivity index (χ3v) is 4.45. The minimum absolute atomic E-state index is 0.115. The maximum atomic E-state index is 9.13. The zero-order chi connectivity index (χ0) is 14.7. The van der Waals surface area contributed by atoms with Crippen LogP contribution in [0, 0.1) is 0 Å². The number of benzene rings is 1. The number of aromatic nitrogens is 2. The molecule has 3 nitrogen and oxygen atoms in total. The van der Waals surface area contributed by atoms with E-state index in [-0.39, 0.29) is 6.61 Å². The van der Waals surface area contributed by atoms with E-state index < -0.39 is 0 Å². The molecule has 0 unspecified atom stereocenters. The van der Waals surface area contributed by atoms with Crippen LogP contribution in [-0.2, 0) is 13.5 Å². The van der Waals surface area contributed by atoms with E-state index in [0.29, 0.717) is 12.3 Å². The molecule has 0 bridgehead atoms. The second-order valence-corrected chi connectivity index (χ2v) is 6.46. The average molecular weight is 311 g/mol. The third kappa shape index (κ3) is 3.37. The molecule has 0 aliphatic rings. The Labute approximate surface area is 129 Å². The lowest BCUT2D eigenvalue weighted by atomic mass is 10.1. The first-order valence-corrected chi connectivity index (χ1v) is 7.82. The third-order valence-electron chi connectivity index (χ3n) is 3.05. The molecule has 1 aromatic heterocycles. The Bertz CT molecular complexity index is 596. The van der Waals surface area contributed by atoms with Crippen molar-refractivity contribution in [2.24, 2.45) is 7.05 Å². The van der Waals surface area contributed by atoms with Crippen molar-refractivity contribution in [2.45, 2.75) is 36.1 Å². The number of aliphatic hydroxyl groups is 1. The summed E-state index contributed by atoms with van der Waals surface area (Å²) in [5.74, 6) is 1.26. The first-order chi connectivity index (χ1) is 9.52. The Kier molecular flexibility index (Phi) is 5.13. The molecule has 0 fully saturated rings. The van der Waals surface area contributed by atoms with Crippen molar-refractivity contribution >= 4 is 23.4 Å². The summed E-state index contributed by atoms with van der Waals surface area (Å²) < 4.78 is 2.07. The van der Waals surface area contributed by atoms with Gasteiger partial charge in [-0.2, -0.15) is 0 Å². The molecule has 20 heavy (non-hydrogen) atoms. The first-order valence-electron chi connectivity index (χ1n) is 6.62. The van der Waals surface area contributed by atoms with E-state index in [2.05, 4.69) is 23.4 Å². The molecule has 0 aliphatic carbocycles. The zero-order valence-corrected chi connectivity index (χ0v) is 13.5. The van der Waals surface area contributed by atoms with E-state index >= 15 is 0 Å². The maximum Gasteiger partial charge on any atom is 0.111 e. The molecule has 0 spiro atoms. The number of hydrogen-bond acceptors (Lipinski definition) is 3. The molecule has 0 radical (unpaired) electrons. The second-order valence-electron chi connectivity index (χ2n) is 4.97. The summed E-state index contributed by atoms with van der Waals surface area (Å²) in [7, 11) is 2.00. The highest BCUT2D eigenvalue weighted by Gasteiger charge is 2.18. The Morgan fingerprint density at radius 1 is 1.40 bits per heavy atom. The van der Waals surface area contributed by atoms with Gasteiger partial charge < -0.3 is 9.67 Å². The summed E-state index contributed by atoms with van der Waals surface area (Å²) in [6.07, 6.45) is 0.576. The number of aliphatic hydroxyl groups excluding tert-OH is 1. The van der Waals surface area contributed by atoms with E-state index in [9.17, 15) is 0 Å². The zero-order valence-electron chi connectivity index (χ0n) is 11.9. The SMILES string of the molecule is CC(C)c1nc(CCO)n(C)c1Sc1cccc(Cl)c1. The lowest BCUT2D eigenvalue weighted by molar-refractivity contribution is 0.295. The number of hydrogen-bond donors (Lipinski definition) is 1. The highest BCUT2D eigenvalue weighted by Crippen LogP contribution is 2.35. The van der Waals surface area contributed by atoms with E-state index in [1.165, 1.54) is 0 Å². The summed E-state index contributed by atoms with van der Waals surface area (Å²) in [6, 6.07) is 7.81. The standard InChI is InChI=1S/C15H19ClN2OS/c1-10(2)14-15(18(3)13(17-14)7-8-19)20-12-6-4-5-11(16)9-12/h4-6,9-10,19H,7-8H2,1-3H3. The van der Waals surface area contributed by atoms with Gasteiger partial charge in [-0.25, -0.2) is 4.98 Å². The van der Waals surface area contributed by atoms with Gasteiger partial charge in [-0.15, -0.1) is 0 Å². The first kappa shape index (κ1) is 15.4. The van der Waals surface area contributed by atoms with Crippen LogP contribution in [0.25, 0.3) is 0 Å². The predicted molar refractivity (Wildman–Crippen MR) is 83.7 cm³/mol. The summed E-state index contributed by atoms with van der Waals surface area (Å²) in [6.45, 7) is 4.38. The van der Waals surface area contributed by atoms with Crippen LogP contribution in [0.5, 0.6) is 0 Å². The van der Waals surface area contributed by atoms with Gasteiger partial charge in [0.2, 0.25) is 0 Å². The number of halogens is 1. The van der Waals surface area contributed by atoms with E-state index in [1.807, 2.05) is 31.3 Å². The van der Waals surface area contributed by atoms with E-state index in [0.717, 1.165) is 26.5 Å². The van der Waals surface area contributed by atoms with E-state index in [4.69, 9.17) is 16.7 Å². The van der Waals surface area contributed by atoms with Gasteiger partial charge in [0, 0.05) is 23.4 Å². The van der Waals surface area contributed by atoms with Crippen LogP contribution in [0.3, 0.4) is 0 Å². The predicted octanol–water partition coefficient (Wildman–Crippen LogP) is 3.88. The number of imidazole rings is 1. The van der Waals surface area contributed by atoms with Crippen molar-refractivity contribution in [3.05, 3.63) is 40.8 Å². The molecule has 0 aliphatic heterocycles. The molecular weight excluding hydrogens is 292 g/mol. The molecule has 5 heteroatoms. The Balaban J connectivity index is 2.39. The lowest BCUT2D eigenvalue weighted by Crippen LogP contribution is -2.01. The summed E-state index contributed by atoms with van der Waals surface area (Å²) in [5.41, 5.74) is 1.07. The van der Waals surface area contributed by atoms with Gasteiger partial charge in [0.25, 0.3) is 0 Å². The molecule has 1 aromatic carbocycles. The molecule has 0 amide bonds. The van der Waals surface area contributed by atoms with Crippen molar-refractivity contribution in [3.63, 3.8) is 0 Å². The highest BCUT2D eigenvalue weighted by atomic mass is 35.5. The minimum Gasteiger partial charge on any atom is -0.396 e. The van der Waals surface area contributed by atoms with Crippen LogP contribution >= 0.6 is 23.4 Å². The Morgan fingerprint density at radius 2 is 2.15 bits per heavy atom. The van der Waals surface area contributed by atoms with Crippen molar-refractivity contribution in [3.8, 4) is 0 Å². The van der Waals surface area contributed by atoms with Gasteiger partial charge >= 0.3 is 0 Å². The molecule has 108 valence electrons. The fraction of sp³-hybridized carbons (Fsp3) is 0.400. The summed E-state index contributed by atoms with van der Waals surface area (Å²) in [4.78, 5) is 5.76. The van der Waals surface area contributed by atoms with Crippen molar-refractivity contribution in [2.75, 3.05) is 6.61 Å². The van der Waals surface area contributed by atoms with Gasteiger partial charge in [0.15, 0.2) is 0 Å². The number of nitrogens with zero attached hydrogens (tertiary/aromatic N) is 2. The molecular formula is C15H19ClN2OS. The fourth-order valence-electron chi connectivity index (χ4n) is 2.01. The number of rotatable bonds is 5. The van der Waals surface area contributed by atoms with Crippen molar-refractivity contribution in [1.29, 1.82) is 0 Å². The lowest BCUT2D eigenvalue weighted by Gasteiger charge is -2.08. The molecule has 1 heterocycles. The quantitative estimate of drug-likeness (QED) is 0.910. The van der Waals surface area contributed by atoms with Crippen LogP contribution in [0.4, 0.5) is 0 Å². The second kappa shape index (κ2) is 6.66. The van der Waals surface area contributed by atoms with Gasteiger partial charge in [0.1, 0.15) is 10.9 Å². The smallest absolute Gasteiger partial charge is 0.111 e. The van der Waals surface area contributed by atoms with Crippen molar-refractivity contribution < 1.29 is 5.11 Å². The topological polar surface area (TPSA) is 38.1 Å². The average Bonchev–Trinajstić information content (AvgIpc) is 2.69. The van der Waals surface area contributed by atoms with Crippen LogP contribution in [0.15, 0.2) is 34.2 Å². The van der Waals surface area contributed by atoms with Crippen LogP contribution < -0.4 is 0 Å². The Hall–Kier alpha value is -0.970. The van der Waals surface area contributed by atoms with Crippen molar-refractivity contribution in [1.82, 2.24) is 9.55 Å². The summed E-state index contributed by atoms with van der Waals surface area (Å²) >= 11 is 7.70. The largest absolute Gasteiger partial charge is 0.396 e. The molecule has 0 atom stereocenters. The monoisotopic (exact) mass is 310 g/mol. The normalized spacial score (nSPS) is 11.3. The summed E-state index contributed by atoms with van der Waals surface area (Å²) in [5, 5.41) is 11.0. The minimum atomic E-state index is 0.115. The van der Waals surface area contributed by atoms with Gasteiger partial charge in [-0.05, 0) is 24.1 Å². The molecule has 2 aromatic rings. The molecule has 2 rings (SSSR count).